The van der Waals surface area contributed by atoms with Gasteiger partial charge in [-0.2, -0.15) is 18.7 Å². The van der Waals surface area contributed by atoms with Crippen molar-refractivity contribution in [1.29, 1.82) is 5.41 Å². The number of anilines is 1. The third-order valence-corrected chi connectivity index (χ3v) is 4.78. The highest BCUT2D eigenvalue weighted by molar-refractivity contribution is 6.03. The summed E-state index contributed by atoms with van der Waals surface area (Å²) in [5.74, 6) is 4.73. The SMILES string of the molecule is Cc1cnc(C(=O)Nc2cccc(C(=N)N(NN)[C@H](C)CO)n2)cc1-n1cnc(C(F)(F)F)c1. The molecule has 0 bridgehead atoms. The van der Waals surface area contributed by atoms with E-state index in [1.807, 2.05) is 0 Å². The number of nitrogens with two attached hydrogens (primary N) is 1. The Labute approximate surface area is 191 Å². The Morgan fingerprint density at radius 1 is 1.32 bits per heavy atom. The molecule has 1 atom stereocenters. The molecule has 0 unspecified atom stereocenters. The second kappa shape index (κ2) is 9.94. The highest BCUT2D eigenvalue weighted by atomic mass is 19.4. The Bertz CT molecular complexity index is 1200. The lowest BCUT2D eigenvalue weighted by molar-refractivity contribution is -0.140. The Hall–Kier alpha value is -3.88. The van der Waals surface area contributed by atoms with Crippen LogP contribution in [0.4, 0.5) is 19.0 Å². The fourth-order valence-electron chi connectivity index (χ4n) is 2.95. The normalized spacial score (nSPS) is 12.3. The predicted molar refractivity (Wildman–Crippen MR) is 116 cm³/mol. The molecule has 0 aromatic carbocycles. The van der Waals surface area contributed by atoms with Crippen molar-refractivity contribution in [3.05, 3.63) is 65.6 Å². The third-order valence-electron chi connectivity index (χ3n) is 4.78. The minimum Gasteiger partial charge on any atom is -0.394 e. The number of aromatic nitrogens is 4. The van der Waals surface area contributed by atoms with E-state index >= 15 is 0 Å². The molecule has 34 heavy (non-hydrogen) atoms. The average Bonchev–Trinajstić information content (AvgIpc) is 3.30. The molecule has 0 fully saturated rings. The van der Waals surface area contributed by atoms with Gasteiger partial charge in [-0.05, 0) is 37.6 Å². The van der Waals surface area contributed by atoms with Gasteiger partial charge in [-0.3, -0.25) is 26.0 Å². The zero-order valence-corrected chi connectivity index (χ0v) is 18.1. The van der Waals surface area contributed by atoms with Crippen molar-refractivity contribution in [2.75, 3.05) is 11.9 Å². The van der Waals surface area contributed by atoms with E-state index in [9.17, 15) is 23.1 Å². The minimum absolute atomic E-state index is 0.0655. The van der Waals surface area contributed by atoms with Gasteiger partial charge in [-0.25, -0.2) is 9.97 Å². The van der Waals surface area contributed by atoms with E-state index in [1.165, 1.54) is 29.4 Å². The minimum atomic E-state index is -4.60. The fourth-order valence-corrected chi connectivity index (χ4v) is 2.95. The number of amides is 1. The van der Waals surface area contributed by atoms with Crippen molar-refractivity contribution in [1.82, 2.24) is 30.1 Å². The Morgan fingerprint density at radius 2 is 2.06 bits per heavy atom. The molecule has 0 saturated heterocycles. The molecular formula is C20H22F3N9O2. The number of nitrogens with one attached hydrogen (secondary N) is 3. The molecule has 0 aliphatic carbocycles. The maximum atomic E-state index is 12.9. The van der Waals surface area contributed by atoms with Gasteiger partial charge < -0.3 is 15.0 Å². The van der Waals surface area contributed by atoms with E-state index in [0.717, 1.165) is 17.1 Å². The Morgan fingerprint density at radius 3 is 2.68 bits per heavy atom. The number of aryl methyl sites for hydroxylation is 1. The average molecular weight is 477 g/mol. The number of amidine groups is 1. The van der Waals surface area contributed by atoms with Gasteiger partial charge in [-0.15, -0.1) is 0 Å². The maximum absolute atomic E-state index is 12.9. The molecule has 3 rings (SSSR count). The summed E-state index contributed by atoms with van der Waals surface area (Å²) in [6.45, 7) is 3.00. The zero-order valence-electron chi connectivity index (χ0n) is 18.1. The number of hydrazine groups is 2. The van der Waals surface area contributed by atoms with Gasteiger partial charge in [0.05, 0.1) is 24.7 Å². The summed E-state index contributed by atoms with van der Waals surface area (Å²) in [7, 11) is 0. The number of rotatable bonds is 7. The second-order valence-electron chi connectivity index (χ2n) is 7.26. The quantitative estimate of drug-likeness (QED) is 0.149. The third kappa shape index (κ3) is 5.36. The van der Waals surface area contributed by atoms with Gasteiger partial charge in [0.2, 0.25) is 0 Å². The monoisotopic (exact) mass is 477 g/mol. The van der Waals surface area contributed by atoms with Crippen LogP contribution < -0.4 is 16.7 Å². The van der Waals surface area contributed by atoms with Gasteiger partial charge in [0, 0.05) is 12.4 Å². The van der Waals surface area contributed by atoms with E-state index < -0.39 is 23.8 Å². The molecule has 0 saturated carbocycles. The van der Waals surface area contributed by atoms with Crippen LogP contribution in [0.15, 0.2) is 43.0 Å². The number of aliphatic hydroxyl groups excluding tert-OH is 1. The van der Waals surface area contributed by atoms with Gasteiger partial charge in [0.15, 0.2) is 11.5 Å². The number of imidazole rings is 1. The van der Waals surface area contributed by atoms with Crippen LogP contribution in [0, 0.1) is 12.3 Å². The first kappa shape index (κ1) is 24.8. The summed E-state index contributed by atoms with van der Waals surface area (Å²) < 4.78 is 39.8. The number of nitrogens with zero attached hydrogens (tertiary/aromatic N) is 5. The smallest absolute Gasteiger partial charge is 0.394 e. The fraction of sp³-hybridized carbons (Fsp3) is 0.250. The van der Waals surface area contributed by atoms with E-state index in [0.29, 0.717) is 11.3 Å². The molecule has 0 aliphatic heterocycles. The number of carbonyl (C=O) groups excluding carboxylic acids is 1. The van der Waals surface area contributed by atoms with Crippen LogP contribution in [0.5, 0.6) is 0 Å². The molecular weight excluding hydrogens is 455 g/mol. The molecule has 3 aromatic heterocycles. The lowest BCUT2D eigenvalue weighted by Gasteiger charge is -2.28. The molecule has 0 radical (unpaired) electrons. The molecule has 0 spiro atoms. The molecule has 14 heteroatoms. The molecule has 0 aliphatic rings. The van der Waals surface area contributed by atoms with Crippen LogP contribution in [0.2, 0.25) is 0 Å². The van der Waals surface area contributed by atoms with Crippen molar-refractivity contribution < 1.29 is 23.1 Å². The molecule has 180 valence electrons. The summed E-state index contributed by atoms with van der Waals surface area (Å²) in [5, 5.41) is 21.3. The van der Waals surface area contributed by atoms with Crippen LogP contribution in [0.25, 0.3) is 5.69 Å². The number of aliphatic hydroxyl groups is 1. The highest BCUT2D eigenvalue weighted by Crippen LogP contribution is 2.28. The maximum Gasteiger partial charge on any atom is 0.434 e. The number of halogens is 3. The molecule has 6 N–H and O–H groups in total. The Balaban J connectivity index is 1.83. The van der Waals surface area contributed by atoms with Gasteiger partial charge in [-0.1, -0.05) is 6.07 Å². The topological polar surface area (TPSA) is 158 Å². The lowest BCUT2D eigenvalue weighted by atomic mass is 10.2. The number of carbonyl (C=O) groups is 1. The first-order valence-electron chi connectivity index (χ1n) is 9.87. The molecule has 1 amide bonds. The van der Waals surface area contributed by atoms with Crippen molar-refractivity contribution in [2.24, 2.45) is 5.84 Å². The van der Waals surface area contributed by atoms with Crippen LogP contribution in [-0.4, -0.2) is 54.0 Å². The van der Waals surface area contributed by atoms with Crippen LogP contribution >= 0.6 is 0 Å². The largest absolute Gasteiger partial charge is 0.434 e. The van der Waals surface area contributed by atoms with Crippen LogP contribution in [0.1, 0.15) is 34.4 Å². The number of hydrogen-bond donors (Lipinski definition) is 5. The van der Waals surface area contributed by atoms with E-state index in [-0.39, 0.29) is 29.6 Å². The molecule has 11 nitrogen and oxygen atoms in total. The number of hydrogen-bond acceptors (Lipinski definition) is 8. The summed E-state index contributed by atoms with van der Waals surface area (Å²) in [4.78, 5) is 24.4. The lowest BCUT2D eigenvalue weighted by Crippen LogP contribution is -2.53. The number of pyridine rings is 2. The van der Waals surface area contributed by atoms with E-state index in [4.69, 9.17) is 11.3 Å². The van der Waals surface area contributed by atoms with Gasteiger partial charge in [0.1, 0.15) is 17.2 Å². The summed E-state index contributed by atoms with van der Waals surface area (Å²) in [5.41, 5.74) is 2.17. The summed E-state index contributed by atoms with van der Waals surface area (Å²) in [6.07, 6.45) is -1.40. The summed E-state index contributed by atoms with van der Waals surface area (Å²) >= 11 is 0. The standard InChI is InChI=1S/C20H22F3N9O2/c1-11-7-26-14(6-15(11)31-8-16(27-10-31)20(21,22)23)19(34)29-17-5-3-4-13(28-17)18(24)32(30-25)12(2)9-33/h3-8,10,12,24,30,33H,9,25H2,1-2H3,(H,28,29,34)/t12-/m1/s1. The van der Waals surface area contributed by atoms with Crippen molar-refractivity contribution in [3.8, 4) is 5.69 Å². The number of alkyl halides is 3. The van der Waals surface area contributed by atoms with Crippen LogP contribution in [0.3, 0.4) is 0 Å². The van der Waals surface area contributed by atoms with Gasteiger partial charge in [0.25, 0.3) is 5.91 Å². The van der Waals surface area contributed by atoms with E-state index in [1.54, 1.807) is 19.9 Å². The molecule has 3 aromatic rings. The highest BCUT2D eigenvalue weighted by Gasteiger charge is 2.33. The van der Waals surface area contributed by atoms with Crippen molar-refractivity contribution in [2.45, 2.75) is 26.1 Å². The van der Waals surface area contributed by atoms with Crippen molar-refractivity contribution >= 4 is 17.6 Å². The van der Waals surface area contributed by atoms with Crippen molar-refractivity contribution in [3.63, 3.8) is 0 Å². The Kier molecular flexibility index (Phi) is 7.24. The first-order valence-corrected chi connectivity index (χ1v) is 9.87. The summed E-state index contributed by atoms with van der Waals surface area (Å²) in [6, 6.07) is 5.38. The van der Waals surface area contributed by atoms with Crippen LogP contribution in [-0.2, 0) is 6.18 Å². The second-order valence-corrected chi connectivity index (χ2v) is 7.26. The predicted octanol–water partition coefficient (Wildman–Crippen LogP) is 1.63. The van der Waals surface area contributed by atoms with E-state index in [2.05, 4.69) is 25.8 Å². The van der Waals surface area contributed by atoms with Gasteiger partial charge >= 0.3 is 6.18 Å². The zero-order chi connectivity index (χ0) is 25.0. The first-order chi connectivity index (χ1) is 16.0. The molecule has 3 heterocycles.